The second-order valence-corrected chi connectivity index (χ2v) is 10.9. The summed E-state index contributed by atoms with van der Waals surface area (Å²) in [6.07, 6.45) is 1.75. The Morgan fingerprint density at radius 3 is 1.97 bits per heavy atom. The zero-order valence-corrected chi connectivity index (χ0v) is 22.2. The fraction of sp³-hybridized carbons (Fsp3) is 0.407. The molecule has 186 valence electrons. The van der Waals surface area contributed by atoms with E-state index in [0.29, 0.717) is 43.6 Å². The summed E-state index contributed by atoms with van der Waals surface area (Å²) in [5.41, 5.74) is 6.75. The summed E-state index contributed by atoms with van der Waals surface area (Å²) in [6, 6.07) is 9.72. The number of nitrogens with zero attached hydrogens (tertiary/aromatic N) is 4. The van der Waals surface area contributed by atoms with E-state index in [4.69, 9.17) is 9.72 Å². The largest absolute Gasteiger partial charge is 0.494 e. The molecule has 4 rings (SSSR count). The fourth-order valence-electron chi connectivity index (χ4n) is 4.66. The van der Waals surface area contributed by atoms with Gasteiger partial charge in [0.05, 0.1) is 17.2 Å². The first-order valence-electron chi connectivity index (χ1n) is 12.0. The van der Waals surface area contributed by atoms with Crippen LogP contribution in [0.4, 0.5) is 5.95 Å². The van der Waals surface area contributed by atoms with E-state index in [9.17, 15) is 8.42 Å². The number of sulfonamides is 1. The van der Waals surface area contributed by atoms with E-state index in [1.807, 2.05) is 65.0 Å². The molecule has 35 heavy (non-hydrogen) atoms. The SMILES string of the molecule is CCOc1ccc(-c2ccnc(N3CCN(S(=O)(=O)c4c(C)c(C)c(C)c(C)c4C)CC3)n2)cc1. The maximum absolute atomic E-state index is 13.7. The molecule has 0 bridgehead atoms. The first-order chi connectivity index (χ1) is 16.6. The Morgan fingerprint density at radius 2 is 1.40 bits per heavy atom. The molecule has 0 aliphatic carbocycles. The number of rotatable bonds is 6. The Morgan fingerprint density at radius 1 is 0.829 bits per heavy atom. The van der Waals surface area contributed by atoms with Gasteiger partial charge in [0.15, 0.2) is 0 Å². The highest BCUT2D eigenvalue weighted by Gasteiger charge is 2.33. The van der Waals surface area contributed by atoms with Crippen molar-refractivity contribution in [2.75, 3.05) is 37.7 Å². The Balaban J connectivity index is 1.52. The van der Waals surface area contributed by atoms with Gasteiger partial charge in [-0.05, 0) is 99.7 Å². The number of ether oxygens (including phenoxy) is 1. The minimum Gasteiger partial charge on any atom is -0.494 e. The van der Waals surface area contributed by atoms with Crippen LogP contribution in [0.3, 0.4) is 0 Å². The van der Waals surface area contributed by atoms with Crippen molar-refractivity contribution in [3.8, 4) is 17.0 Å². The Labute approximate surface area is 208 Å². The summed E-state index contributed by atoms with van der Waals surface area (Å²) in [5, 5.41) is 0. The van der Waals surface area contributed by atoms with Gasteiger partial charge in [-0.1, -0.05) is 0 Å². The van der Waals surface area contributed by atoms with Crippen LogP contribution in [0.2, 0.25) is 0 Å². The van der Waals surface area contributed by atoms with Crippen LogP contribution in [0.25, 0.3) is 11.3 Å². The van der Waals surface area contributed by atoms with Crippen molar-refractivity contribution in [1.29, 1.82) is 0 Å². The van der Waals surface area contributed by atoms with Crippen molar-refractivity contribution in [2.24, 2.45) is 0 Å². The number of aromatic nitrogens is 2. The average Bonchev–Trinajstić information content (AvgIpc) is 2.87. The smallest absolute Gasteiger partial charge is 0.243 e. The highest BCUT2D eigenvalue weighted by atomic mass is 32.2. The van der Waals surface area contributed by atoms with Gasteiger partial charge in [-0.25, -0.2) is 18.4 Å². The summed E-state index contributed by atoms with van der Waals surface area (Å²) in [4.78, 5) is 11.7. The third kappa shape index (κ3) is 4.77. The van der Waals surface area contributed by atoms with E-state index < -0.39 is 10.0 Å². The van der Waals surface area contributed by atoms with E-state index >= 15 is 0 Å². The molecule has 0 N–H and O–H groups in total. The van der Waals surface area contributed by atoms with Crippen molar-refractivity contribution in [1.82, 2.24) is 14.3 Å². The zero-order valence-electron chi connectivity index (χ0n) is 21.4. The molecule has 7 nitrogen and oxygen atoms in total. The minimum atomic E-state index is -3.60. The molecule has 8 heteroatoms. The molecule has 1 fully saturated rings. The van der Waals surface area contributed by atoms with Crippen LogP contribution < -0.4 is 9.64 Å². The van der Waals surface area contributed by atoms with Gasteiger partial charge >= 0.3 is 0 Å². The lowest BCUT2D eigenvalue weighted by atomic mass is 9.95. The highest BCUT2D eigenvalue weighted by molar-refractivity contribution is 7.89. The van der Waals surface area contributed by atoms with Crippen LogP contribution in [-0.4, -0.2) is 55.5 Å². The van der Waals surface area contributed by atoms with Crippen LogP contribution in [0.15, 0.2) is 41.4 Å². The fourth-order valence-corrected chi connectivity index (χ4v) is 6.64. The van der Waals surface area contributed by atoms with E-state index in [1.165, 1.54) is 0 Å². The van der Waals surface area contributed by atoms with Crippen molar-refractivity contribution < 1.29 is 13.2 Å². The molecule has 0 unspecified atom stereocenters. The van der Waals surface area contributed by atoms with Crippen molar-refractivity contribution >= 4 is 16.0 Å². The predicted octanol–water partition coefficient (Wildman–Crippen LogP) is 4.60. The molecule has 3 aromatic rings. The standard InChI is InChI=1S/C27H34N4O3S/c1-7-34-24-10-8-23(9-11-24)25-12-13-28-27(29-25)30-14-16-31(17-15-30)35(32,33)26-21(5)19(3)18(2)20(4)22(26)6/h8-13H,7,14-17H2,1-6H3. The Kier molecular flexibility index (Phi) is 7.15. The van der Waals surface area contributed by atoms with E-state index in [2.05, 4.69) is 16.8 Å². The summed E-state index contributed by atoms with van der Waals surface area (Å²) >= 11 is 0. The monoisotopic (exact) mass is 494 g/mol. The van der Waals surface area contributed by atoms with E-state index in [0.717, 1.165) is 44.8 Å². The van der Waals surface area contributed by atoms with Crippen LogP contribution in [-0.2, 0) is 10.0 Å². The first-order valence-corrected chi connectivity index (χ1v) is 13.5. The molecule has 0 amide bonds. The molecule has 1 aromatic heterocycles. The third-order valence-electron chi connectivity index (χ3n) is 7.15. The summed E-state index contributed by atoms with van der Waals surface area (Å²) in [5.74, 6) is 1.44. The van der Waals surface area contributed by atoms with E-state index in [-0.39, 0.29) is 0 Å². The van der Waals surface area contributed by atoms with Crippen LogP contribution in [0, 0.1) is 34.6 Å². The van der Waals surface area contributed by atoms with Gasteiger partial charge in [0, 0.05) is 37.9 Å². The first kappa shape index (κ1) is 25.1. The second-order valence-electron chi connectivity index (χ2n) is 9.04. The number of hydrogen-bond acceptors (Lipinski definition) is 6. The van der Waals surface area contributed by atoms with Gasteiger partial charge in [-0.2, -0.15) is 4.31 Å². The lowest BCUT2D eigenvalue weighted by Gasteiger charge is -2.35. The molecule has 0 saturated carbocycles. The van der Waals surface area contributed by atoms with Gasteiger partial charge in [0.1, 0.15) is 5.75 Å². The summed E-state index contributed by atoms with van der Waals surface area (Å²) in [7, 11) is -3.60. The number of anilines is 1. The van der Waals surface area contributed by atoms with Gasteiger partial charge < -0.3 is 9.64 Å². The zero-order chi connectivity index (χ0) is 25.3. The van der Waals surface area contributed by atoms with Gasteiger partial charge in [-0.3, -0.25) is 0 Å². The molecule has 1 saturated heterocycles. The number of benzene rings is 2. The lowest BCUT2D eigenvalue weighted by molar-refractivity contribution is 0.340. The normalized spacial score (nSPS) is 14.9. The number of piperazine rings is 1. The Bertz CT molecular complexity index is 1300. The molecular weight excluding hydrogens is 460 g/mol. The molecule has 2 heterocycles. The summed E-state index contributed by atoms with van der Waals surface area (Å²) < 4.78 is 34.5. The lowest BCUT2D eigenvalue weighted by Crippen LogP contribution is -2.49. The quantitative estimate of drug-likeness (QED) is 0.499. The van der Waals surface area contributed by atoms with Gasteiger partial charge in [-0.15, -0.1) is 0 Å². The molecule has 0 atom stereocenters. The maximum Gasteiger partial charge on any atom is 0.243 e. The third-order valence-corrected chi connectivity index (χ3v) is 9.33. The summed E-state index contributed by atoms with van der Waals surface area (Å²) in [6.45, 7) is 14.3. The van der Waals surface area contributed by atoms with Gasteiger partial charge in [0.25, 0.3) is 0 Å². The predicted molar refractivity (Wildman–Crippen MR) is 140 cm³/mol. The highest BCUT2D eigenvalue weighted by Crippen LogP contribution is 2.32. The average molecular weight is 495 g/mol. The number of hydrogen-bond donors (Lipinski definition) is 0. The topological polar surface area (TPSA) is 75.6 Å². The Hall–Kier alpha value is -2.97. The van der Waals surface area contributed by atoms with Gasteiger partial charge in [0.2, 0.25) is 16.0 Å². The van der Waals surface area contributed by atoms with Crippen molar-refractivity contribution in [3.05, 3.63) is 64.3 Å². The molecular formula is C27H34N4O3S. The second kappa shape index (κ2) is 9.95. The molecule has 1 aliphatic rings. The van der Waals surface area contributed by atoms with Crippen LogP contribution >= 0.6 is 0 Å². The van der Waals surface area contributed by atoms with Crippen molar-refractivity contribution in [2.45, 2.75) is 46.4 Å². The molecule has 0 spiro atoms. The van der Waals surface area contributed by atoms with E-state index in [1.54, 1.807) is 10.5 Å². The maximum atomic E-state index is 13.7. The molecule has 1 aliphatic heterocycles. The molecule has 0 radical (unpaired) electrons. The van der Waals surface area contributed by atoms with Crippen LogP contribution in [0.5, 0.6) is 5.75 Å². The molecule has 2 aromatic carbocycles. The van der Waals surface area contributed by atoms with Crippen molar-refractivity contribution in [3.63, 3.8) is 0 Å². The minimum absolute atomic E-state index is 0.393. The van der Waals surface area contributed by atoms with Crippen LogP contribution in [0.1, 0.15) is 34.7 Å².